The van der Waals surface area contributed by atoms with Crippen LogP contribution in [-0.4, -0.2) is 37.2 Å². The summed E-state index contributed by atoms with van der Waals surface area (Å²) >= 11 is 0. The summed E-state index contributed by atoms with van der Waals surface area (Å²) in [6.45, 7) is 6.43. The molecule has 73 heavy (non-hydrogen) atoms. The van der Waals surface area contributed by atoms with Crippen LogP contribution in [0, 0.1) is 0 Å². The van der Waals surface area contributed by atoms with Crippen LogP contribution in [0.1, 0.15) is 278 Å². The van der Waals surface area contributed by atoms with E-state index in [0.717, 1.165) is 135 Å². The minimum Gasteiger partial charge on any atom is -0.462 e. The highest BCUT2D eigenvalue weighted by atomic mass is 16.6. The van der Waals surface area contributed by atoms with Crippen LogP contribution >= 0.6 is 0 Å². The monoisotopic (exact) mass is 1010 g/mol. The lowest BCUT2D eigenvalue weighted by atomic mass is 10.0. The van der Waals surface area contributed by atoms with E-state index in [9.17, 15) is 14.4 Å². The van der Waals surface area contributed by atoms with Crippen LogP contribution in [0.25, 0.3) is 0 Å². The number of rotatable bonds is 54. The Morgan fingerprint density at radius 2 is 0.562 bits per heavy atom. The Bertz CT molecular complexity index is 1490. The Morgan fingerprint density at radius 3 is 0.890 bits per heavy atom. The van der Waals surface area contributed by atoms with Gasteiger partial charge in [0.25, 0.3) is 0 Å². The van der Waals surface area contributed by atoms with Gasteiger partial charge >= 0.3 is 17.9 Å². The summed E-state index contributed by atoms with van der Waals surface area (Å²) in [7, 11) is 0. The van der Waals surface area contributed by atoms with Crippen molar-refractivity contribution in [3.63, 3.8) is 0 Å². The van der Waals surface area contributed by atoms with Crippen LogP contribution in [0.5, 0.6) is 0 Å². The van der Waals surface area contributed by atoms with Crippen molar-refractivity contribution in [2.45, 2.75) is 284 Å². The quantitative estimate of drug-likeness (QED) is 0.0261. The van der Waals surface area contributed by atoms with Crippen LogP contribution in [-0.2, 0) is 28.6 Å². The number of carbonyl (C=O) groups is 3. The number of hydrogen-bond acceptors (Lipinski definition) is 6. The molecule has 0 N–H and O–H groups in total. The molecule has 6 heteroatoms. The third kappa shape index (κ3) is 58.8. The van der Waals surface area contributed by atoms with Gasteiger partial charge in [0.05, 0.1) is 0 Å². The standard InChI is InChI=1S/C67H112O6/c1-4-7-10-13-16-19-21-23-24-25-26-27-28-29-30-31-32-33-34-35-36-37-38-39-40-41-42-44-45-48-51-54-57-60-66(69)72-63-64(62-71-65(68)59-56-53-50-47-18-15-12-9-6-3)73-67(70)61-58-55-52-49-46-43-22-20-17-14-11-8-5-2/h7,10-11,14,16,19-20,22-24,26-27,29-30,32-33,35-36,64H,4-6,8-9,12-13,15,17-18,21,25,28,31,34,37-63H2,1-3H3/b10-7-,14-11-,19-16-,22-20-,24-23-,27-26-,30-29-,33-32-,36-35-. The minimum atomic E-state index is -0.784. The summed E-state index contributed by atoms with van der Waals surface area (Å²) in [5.41, 5.74) is 0. The predicted molar refractivity (Wildman–Crippen MR) is 316 cm³/mol. The molecule has 6 nitrogen and oxygen atoms in total. The second-order valence-electron chi connectivity index (χ2n) is 19.9. The number of carbonyl (C=O) groups excluding carboxylic acids is 3. The van der Waals surface area contributed by atoms with Crippen LogP contribution < -0.4 is 0 Å². The molecule has 0 aromatic carbocycles. The van der Waals surface area contributed by atoms with E-state index in [1.54, 1.807) is 0 Å². The van der Waals surface area contributed by atoms with Crippen LogP contribution in [0.4, 0.5) is 0 Å². The lowest BCUT2D eigenvalue weighted by Crippen LogP contribution is -2.30. The molecule has 0 bridgehead atoms. The highest BCUT2D eigenvalue weighted by Crippen LogP contribution is 2.15. The van der Waals surface area contributed by atoms with Gasteiger partial charge in [0, 0.05) is 19.3 Å². The Kier molecular flexibility index (Phi) is 57.4. The predicted octanol–water partition coefficient (Wildman–Crippen LogP) is 20.7. The van der Waals surface area contributed by atoms with Gasteiger partial charge in [-0.2, -0.15) is 0 Å². The Balaban J connectivity index is 4.13. The third-order valence-corrected chi connectivity index (χ3v) is 12.7. The molecule has 1 atom stereocenters. The number of allylic oxidation sites excluding steroid dienone is 18. The number of unbranched alkanes of at least 4 members (excludes halogenated alkanes) is 25. The molecule has 0 aromatic rings. The molecular formula is C67H112O6. The lowest BCUT2D eigenvalue weighted by molar-refractivity contribution is -0.167. The molecule has 0 radical (unpaired) electrons. The average molecular weight is 1010 g/mol. The van der Waals surface area contributed by atoms with Crippen molar-refractivity contribution in [1.82, 2.24) is 0 Å². The molecule has 0 aliphatic carbocycles. The van der Waals surface area contributed by atoms with E-state index in [-0.39, 0.29) is 31.1 Å². The van der Waals surface area contributed by atoms with Crippen molar-refractivity contribution in [1.29, 1.82) is 0 Å². The minimum absolute atomic E-state index is 0.0825. The third-order valence-electron chi connectivity index (χ3n) is 12.7. The summed E-state index contributed by atoms with van der Waals surface area (Å²) in [5, 5.41) is 0. The fourth-order valence-electron chi connectivity index (χ4n) is 8.23. The second-order valence-corrected chi connectivity index (χ2v) is 19.9. The molecule has 416 valence electrons. The summed E-state index contributed by atoms with van der Waals surface area (Å²) in [6.07, 6.45) is 82.5. The number of ether oxygens (including phenoxy) is 3. The van der Waals surface area contributed by atoms with Crippen LogP contribution in [0.2, 0.25) is 0 Å². The second kappa shape index (κ2) is 60.6. The maximum atomic E-state index is 12.8. The first-order valence-electron chi connectivity index (χ1n) is 30.4. The van der Waals surface area contributed by atoms with E-state index in [1.165, 1.54) is 103 Å². The van der Waals surface area contributed by atoms with Crippen molar-refractivity contribution in [2.75, 3.05) is 13.2 Å². The number of esters is 3. The topological polar surface area (TPSA) is 78.9 Å². The Labute approximate surface area is 450 Å². The first-order chi connectivity index (χ1) is 36.0. The van der Waals surface area contributed by atoms with E-state index >= 15 is 0 Å². The fraction of sp³-hybridized carbons (Fsp3) is 0.687. The SMILES string of the molecule is CC/C=C\C/C=C\C/C=C\C/C=C\C/C=C\C/C=C\C/C=C\CCCCCCCCCCCCCC(=O)OCC(COC(=O)CCCCCCCCCCC)OC(=O)CCCCCCC/C=C\C/C=C\CCC. The fourth-order valence-corrected chi connectivity index (χ4v) is 8.23. The van der Waals surface area contributed by atoms with Crippen LogP contribution in [0.3, 0.4) is 0 Å². The van der Waals surface area contributed by atoms with Gasteiger partial charge in [0.1, 0.15) is 13.2 Å². The zero-order valence-corrected chi connectivity index (χ0v) is 47.6. The van der Waals surface area contributed by atoms with E-state index in [0.29, 0.717) is 19.3 Å². The van der Waals surface area contributed by atoms with E-state index < -0.39 is 6.10 Å². The van der Waals surface area contributed by atoms with E-state index in [4.69, 9.17) is 14.2 Å². The molecule has 0 aliphatic heterocycles. The van der Waals surface area contributed by atoms with Crippen molar-refractivity contribution in [3.8, 4) is 0 Å². The first-order valence-corrected chi connectivity index (χ1v) is 30.4. The number of hydrogen-bond donors (Lipinski definition) is 0. The summed E-state index contributed by atoms with van der Waals surface area (Å²) in [6, 6.07) is 0. The maximum absolute atomic E-state index is 12.8. The van der Waals surface area contributed by atoms with Gasteiger partial charge in [-0.15, -0.1) is 0 Å². The van der Waals surface area contributed by atoms with Gasteiger partial charge in [-0.05, 0) is 103 Å². The van der Waals surface area contributed by atoms with Gasteiger partial charge in [-0.1, -0.05) is 265 Å². The smallest absolute Gasteiger partial charge is 0.306 e. The molecule has 0 aliphatic rings. The average Bonchev–Trinajstić information content (AvgIpc) is 3.39. The molecule has 0 saturated carbocycles. The molecule has 0 amide bonds. The maximum Gasteiger partial charge on any atom is 0.306 e. The summed E-state index contributed by atoms with van der Waals surface area (Å²) in [4.78, 5) is 38.0. The molecule has 0 aromatic heterocycles. The van der Waals surface area contributed by atoms with Crippen molar-refractivity contribution < 1.29 is 28.6 Å². The molecule has 0 saturated heterocycles. The van der Waals surface area contributed by atoms with Crippen molar-refractivity contribution >= 4 is 17.9 Å². The van der Waals surface area contributed by atoms with E-state index in [2.05, 4.69) is 130 Å². The highest BCUT2D eigenvalue weighted by molar-refractivity contribution is 5.71. The van der Waals surface area contributed by atoms with Gasteiger partial charge in [-0.3, -0.25) is 14.4 Å². The molecule has 0 rings (SSSR count). The van der Waals surface area contributed by atoms with Crippen molar-refractivity contribution in [3.05, 3.63) is 109 Å². The highest BCUT2D eigenvalue weighted by Gasteiger charge is 2.19. The molecule has 0 fully saturated rings. The first kappa shape index (κ1) is 69.1. The summed E-state index contributed by atoms with van der Waals surface area (Å²) < 4.78 is 16.8. The van der Waals surface area contributed by atoms with Crippen LogP contribution in [0.15, 0.2) is 109 Å². The van der Waals surface area contributed by atoms with Crippen molar-refractivity contribution in [2.24, 2.45) is 0 Å². The zero-order chi connectivity index (χ0) is 52.9. The normalized spacial score (nSPS) is 12.9. The molecular weight excluding hydrogens is 901 g/mol. The van der Waals surface area contributed by atoms with Gasteiger partial charge in [0.2, 0.25) is 0 Å². The molecule has 0 spiro atoms. The van der Waals surface area contributed by atoms with Gasteiger partial charge in [-0.25, -0.2) is 0 Å². The van der Waals surface area contributed by atoms with Gasteiger partial charge < -0.3 is 14.2 Å². The lowest BCUT2D eigenvalue weighted by Gasteiger charge is -2.18. The largest absolute Gasteiger partial charge is 0.462 e. The Morgan fingerprint density at radius 1 is 0.288 bits per heavy atom. The zero-order valence-electron chi connectivity index (χ0n) is 47.6. The molecule has 1 unspecified atom stereocenters. The molecule has 0 heterocycles. The summed E-state index contributed by atoms with van der Waals surface area (Å²) in [5.74, 6) is -0.901. The van der Waals surface area contributed by atoms with Gasteiger partial charge in [0.15, 0.2) is 6.10 Å². The van der Waals surface area contributed by atoms with E-state index in [1.807, 2.05) is 0 Å². The Hall–Kier alpha value is -3.93.